The van der Waals surface area contributed by atoms with Crippen LogP contribution in [0.2, 0.25) is 0 Å². The number of carbonyl (C=O) groups excluding carboxylic acids is 1. The van der Waals surface area contributed by atoms with Crippen LogP contribution in [0.15, 0.2) is 0 Å². The fourth-order valence-electron chi connectivity index (χ4n) is 2.77. The fourth-order valence-corrected chi connectivity index (χ4v) is 5.16. The number of carbonyl (C=O) groups is 1. The smallest absolute Gasteiger partial charge is 0.135 e. The van der Waals surface area contributed by atoms with Crippen LogP contribution in [0, 0.1) is 10.8 Å². The number of Topliss-reactive ketones (excluding diaryl/α,β-unsaturated/α-hetero) is 1. The molecule has 0 radical (unpaired) electrons. The Bertz CT molecular complexity index is 298. The van der Waals surface area contributed by atoms with E-state index in [9.17, 15) is 4.79 Å². The van der Waals surface area contributed by atoms with Crippen LogP contribution < -0.4 is 0 Å². The lowest BCUT2D eigenvalue weighted by atomic mass is 9.71. The van der Waals surface area contributed by atoms with Gasteiger partial charge in [0.1, 0.15) is 5.78 Å². The highest BCUT2D eigenvalue weighted by Gasteiger charge is 2.37. The molecule has 0 aliphatic heterocycles. The van der Waals surface area contributed by atoms with E-state index in [1.807, 2.05) is 0 Å². The highest BCUT2D eigenvalue weighted by Crippen LogP contribution is 2.43. The van der Waals surface area contributed by atoms with E-state index in [1.54, 1.807) is 6.92 Å². The van der Waals surface area contributed by atoms with Gasteiger partial charge in [0.25, 0.3) is 0 Å². The van der Waals surface area contributed by atoms with Gasteiger partial charge in [-0.15, -0.1) is 0 Å². The summed E-state index contributed by atoms with van der Waals surface area (Å²) in [6.45, 7) is 15.2. The number of thioether (sulfide) groups is 2. The summed E-state index contributed by atoms with van der Waals surface area (Å²) in [4.78, 5) is 11.9. The SMILES string of the molecule is CCCSCCC(SCCC)C(C)(C)CC(C)(C)C(C)=O. The van der Waals surface area contributed by atoms with Crippen LogP contribution in [0.4, 0.5) is 0 Å². The maximum absolute atomic E-state index is 11.9. The zero-order chi connectivity index (χ0) is 16.5. The first-order chi connectivity index (χ1) is 9.67. The quantitative estimate of drug-likeness (QED) is 0.404. The molecule has 0 heterocycles. The predicted molar refractivity (Wildman–Crippen MR) is 102 cm³/mol. The molecule has 0 bridgehead atoms. The number of hydrogen-bond acceptors (Lipinski definition) is 3. The third-order valence-corrected chi connectivity index (χ3v) is 7.26. The molecule has 0 aromatic heterocycles. The van der Waals surface area contributed by atoms with Gasteiger partial charge in [0.2, 0.25) is 0 Å². The van der Waals surface area contributed by atoms with E-state index in [0.29, 0.717) is 11.0 Å². The molecule has 0 amide bonds. The monoisotopic (exact) mass is 332 g/mol. The topological polar surface area (TPSA) is 17.1 Å². The van der Waals surface area contributed by atoms with Crippen LogP contribution in [0.25, 0.3) is 0 Å². The highest BCUT2D eigenvalue weighted by molar-refractivity contribution is 8.00. The van der Waals surface area contributed by atoms with Crippen molar-refractivity contribution < 1.29 is 4.79 Å². The second-order valence-electron chi connectivity index (χ2n) is 7.37. The average Bonchev–Trinajstić information content (AvgIpc) is 2.36. The van der Waals surface area contributed by atoms with E-state index >= 15 is 0 Å². The third kappa shape index (κ3) is 8.54. The molecule has 1 unspecified atom stereocenters. The van der Waals surface area contributed by atoms with Crippen molar-refractivity contribution in [2.75, 3.05) is 17.3 Å². The minimum atomic E-state index is -0.203. The van der Waals surface area contributed by atoms with Crippen LogP contribution in [0.5, 0.6) is 0 Å². The molecular weight excluding hydrogens is 296 g/mol. The molecule has 0 saturated carbocycles. The van der Waals surface area contributed by atoms with Crippen molar-refractivity contribution >= 4 is 29.3 Å². The fraction of sp³-hybridized carbons (Fsp3) is 0.944. The lowest BCUT2D eigenvalue weighted by molar-refractivity contribution is -0.126. The molecule has 0 N–H and O–H groups in total. The summed E-state index contributed by atoms with van der Waals surface area (Å²) in [6, 6.07) is 0. The summed E-state index contributed by atoms with van der Waals surface area (Å²) >= 11 is 4.19. The molecule has 3 heteroatoms. The Morgan fingerprint density at radius 2 is 1.57 bits per heavy atom. The highest BCUT2D eigenvalue weighted by atomic mass is 32.2. The van der Waals surface area contributed by atoms with Crippen molar-refractivity contribution in [2.24, 2.45) is 10.8 Å². The second kappa shape index (κ2) is 10.2. The van der Waals surface area contributed by atoms with Crippen LogP contribution in [-0.4, -0.2) is 28.3 Å². The van der Waals surface area contributed by atoms with Crippen LogP contribution in [-0.2, 0) is 4.79 Å². The van der Waals surface area contributed by atoms with Crippen molar-refractivity contribution in [2.45, 2.75) is 79.4 Å². The Hall–Kier alpha value is 0.370. The Kier molecular flexibility index (Phi) is 10.4. The summed E-state index contributed by atoms with van der Waals surface area (Å²) in [7, 11) is 0. The molecule has 126 valence electrons. The standard InChI is InChI=1S/C18H36OS2/c1-8-11-20-13-10-16(21-12-9-2)18(6,7)14-17(4,5)15(3)19/h16H,8-14H2,1-7H3. The third-order valence-electron chi connectivity index (χ3n) is 4.12. The van der Waals surface area contributed by atoms with Gasteiger partial charge < -0.3 is 0 Å². The van der Waals surface area contributed by atoms with Gasteiger partial charge in [-0.1, -0.05) is 41.5 Å². The minimum absolute atomic E-state index is 0.203. The molecule has 0 fully saturated rings. The molecule has 1 atom stereocenters. The molecule has 21 heavy (non-hydrogen) atoms. The van der Waals surface area contributed by atoms with E-state index in [4.69, 9.17) is 0 Å². The molecule has 0 spiro atoms. The molecule has 0 aromatic rings. The zero-order valence-corrected chi connectivity index (χ0v) is 16.9. The van der Waals surface area contributed by atoms with Crippen molar-refractivity contribution in [1.29, 1.82) is 0 Å². The molecule has 0 aliphatic carbocycles. The summed E-state index contributed by atoms with van der Waals surface area (Å²) in [6.07, 6.45) is 4.74. The van der Waals surface area contributed by atoms with E-state index in [0.717, 1.165) is 6.42 Å². The van der Waals surface area contributed by atoms with Crippen molar-refractivity contribution in [1.82, 2.24) is 0 Å². The van der Waals surface area contributed by atoms with E-state index in [1.165, 1.54) is 36.5 Å². The number of rotatable bonds is 12. The van der Waals surface area contributed by atoms with Crippen molar-refractivity contribution in [3.05, 3.63) is 0 Å². The van der Waals surface area contributed by atoms with Crippen molar-refractivity contribution in [3.8, 4) is 0 Å². The van der Waals surface area contributed by atoms with Crippen LogP contribution in [0.3, 0.4) is 0 Å². The first kappa shape index (κ1) is 21.4. The predicted octanol–water partition coefficient (Wildman–Crippen LogP) is 6.06. The number of hydrogen-bond donors (Lipinski definition) is 0. The van der Waals surface area contributed by atoms with E-state index in [-0.39, 0.29) is 10.8 Å². The van der Waals surface area contributed by atoms with Crippen molar-refractivity contribution in [3.63, 3.8) is 0 Å². The Labute approximate surface area is 141 Å². The van der Waals surface area contributed by atoms with E-state index < -0.39 is 0 Å². The Morgan fingerprint density at radius 1 is 1.00 bits per heavy atom. The van der Waals surface area contributed by atoms with Gasteiger partial charge in [-0.2, -0.15) is 23.5 Å². The van der Waals surface area contributed by atoms with Gasteiger partial charge in [-0.05, 0) is 55.3 Å². The molecule has 0 aromatic carbocycles. The lowest BCUT2D eigenvalue weighted by Crippen LogP contribution is -2.36. The minimum Gasteiger partial charge on any atom is -0.299 e. The van der Waals surface area contributed by atoms with Gasteiger partial charge in [0.05, 0.1) is 0 Å². The maximum atomic E-state index is 11.9. The second-order valence-corrected chi connectivity index (χ2v) is 9.90. The first-order valence-corrected chi connectivity index (χ1v) is 10.6. The van der Waals surface area contributed by atoms with Crippen LogP contribution >= 0.6 is 23.5 Å². The molecule has 1 nitrogen and oxygen atoms in total. The Balaban J connectivity index is 4.72. The van der Waals surface area contributed by atoms with Gasteiger partial charge >= 0.3 is 0 Å². The molecule has 0 rings (SSSR count). The molecule has 0 aliphatic rings. The van der Waals surface area contributed by atoms with Gasteiger partial charge in [0.15, 0.2) is 0 Å². The van der Waals surface area contributed by atoms with Gasteiger partial charge in [0, 0.05) is 10.7 Å². The summed E-state index contributed by atoms with van der Waals surface area (Å²) in [5.74, 6) is 4.06. The van der Waals surface area contributed by atoms with Gasteiger partial charge in [-0.3, -0.25) is 4.79 Å². The normalized spacial score (nSPS) is 14.2. The summed E-state index contributed by atoms with van der Waals surface area (Å²) in [5, 5.41) is 0.653. The zero-order valence-electron chi connectivity index (χ0n) is 15.3. The molecule has 0 saturated heterocycles. The number of ketones is 1. The van der Waals surface area contributed by atoms with E-state index in [2.05, 4.69) is 65.1 Å². The summed E-state index contributed by atoms with van der Waals surface area (Å²) < 4.78 is 0. The average molecular weight is 333 g/mol. The maximum Gasteiger partial charge on any atom is 0.135 e. The first-order valence-electron chi connectivity index (χ1n) is 8.37. The van der Waals surface area contributed by atoms with Gasteiger partial charge in [-0.25, -0.2) is 0 Å². The Morgan fingerprint density at radius 3 is 2.05 bits per heavy atom. The lowest BCUT2D eigenvalue weighted by Gasteiger charge is -2.39. The largest absolute Gasteiger partial charge is 0.299 e. The van der Waals surface area contributed by atoms with Crippen LogP contribution in [0.1, 0.15) is 74.1 Å². The summed E-state index contributed by atoms with van der Waals surface area (Å²) in [5.41, 5.74) is 0.00681. The molecular formula is C18H36OS2.